The highest BCUT2D eigenvalue weighted by molar-refractivity contribution is 6.04. The van der Waals surface area contributed by atoms with Crippen LogP contribution in [-0.2, 0) is 18.3 Å². The van der Waals surface area contributed by atoms with Gasteiger partial charge in [0, 0.05) is 13.5 Å². The number of imidazole rings is 1. The van der Waals surface area contributed by atoms with Gasteiger partial charge in [0.1, 0.15) is 17.4 Å². The molecule has 4 aromatic rings. The first-order chi connectivity index (χ1) is 15.0. The average molecular weight is 416 g/mol. The molecule has 0 bridgehead atoms. The monoisotopic (exact) mass is 416 g/mol. The van der Waals surface area contributed by atoms with Crippen molar-refractivity contribution < 1.29 is 14.0 Å². The summed E-state index contributed by atoms with van der Waals surface area (Å²) in [5.74, 6) is -1.70. The average Bonchev–Trinajstić information content (AvgIpc) is 3.16. The van der Waals surface area contributed by atoms with E-state index in [0.717, 1.165) is 11.1 Å². The fraction of sp³-hybridized carbons (Fsp3) is 0.125. The number of benzene rings is 3. The molecule has 6 nitrogen and oxygen atoms in total. The number of para-hydroxylation sites is 1. The van der Waals surface area contributed by atoms with Crippen LogP contribution >= 0.6 is 0 Å². The van der Waals surface area contributed by atoms with Crippen molar-refractivity contribution in [3.05, 3.63) is 96.1 Å². The molecule has 0 fully saturated rings. The minimum Gasteiger partial charge on any atom is -0.340 e. The number of hydrogen-bond donors (Lipinski definition) is 2. The highest BCUT2D eigenvalue weighted by Gasteiger charge is 2.24. The van der Waals surface area contributed by atoms with Crippen molar-refractivity contribution in [1.82, 2.24) is 14.9 Å². The molecule has 0 radical (unpaired) electrons. The second kappa shape index (κ2) is 8.79. The molecule has 0 aliphatic carbocycles. The van der Waals surface area contributed by atoms with Crippen LogP contribution in [0.1, 0.15) is 15.9 Å². The number of anilines is 1. The standard InChI is InChI=1S/C24H21FN4O2/c1-29-15-26-22-19(12-7-13-21(22)29)27-24(31)20(14-16-8-3-2-4-9-16)28-23(30)17-10-5-6-11-18(17)25/h2-13,15,20H,14H2,1H3,(H,27,31)(H,28,30). The van der Waals surface area contributed by atoms with Gasteiger partial charge in [-0.3, -0.25) is 9.59 Å². The molecule has 1 unspecified atom stereocenters. The molecule has 0 aliphatic heterocycles. The van der Waals surface area contributed by atoms with Crippen LogP contribution < -0.4 is 10.6 Å². The number of fused-ring (bicyclic) bond motifs is 1. The molecule has 2 N–H and O–H groups in total. The van der Waals surface area contributed by atoms with E-state index in [0.29, 0.717) is 11.2 Å². The molecular weight excluding hydrogens is 395 g/mol. The maximum Gasteiger partial charge on any atom is 0.254 e. The van der Waals surface area contributed by atoms with Crippen LogP contribution in [-0.4, -0.2) is 27.4 Å². The largest absolute Gasteiger partial charge is 0.340 e. The Morgan fingerprint density at radius 1 is 1.00 bits per heavy atom. The Labute approximate surface area is 178 Å². The van der Waals surface area contributed by atoms with Gasteiger partial charge in [-0.15, -0.1) is 0 Å². The molecule has 31 heavy (non-hydrogen) atoms. The van der Waals surface area contributed by atoms with Gasteiger partial charge in [-0.1, -0.05) is 48.5 Å². The zero-order chi connectivity index (χ0) is 21.8. The fourth-order valence-electron chi connectivity index (χ4n) is 3.42. The summed E-state index contributed by atoms with van der Waals surface area (Å²) in [6.45, 7) is 0. The Morgan fingerprint density at radius 2 is 1.74 bits per heavy atom. The number of nitrogens with one attached hydrogen (secondary N) is 2. The molecule has 3 aromatic carbocycles. The predicted octanol–water partition coefficient (Wildman–Crippen LogP) is 3.69. The van der Waals surface area contributed by atoms with E-state index in [1.165, 1.54) is 18.2 Å². The third-order valence-electron chi connectivity index (χ3n) is 5.04. The van der Waals surface area contributed by atoms with Crippen LogP contribution in [0.25, 0.3) is 11.0 Å². The van der Waals surface area contributed by atoms with E-state index in [1.54, 1.807) is 18.5 Å². The first kappa shape index (κ1) is 20.3. The lowest BCUT2D eigenvalue weighted by molar-refractivity contribution is -0.118. The van der Waals surface area contributed by atoms with Crippen molar-refractivity contribution in [2.24, 2.45) is 7.05 Å². The predicted molar refractivity (Wildman–Crippen MR) is 117 cm³/mol. The molecule has 1 aromatic heterocycles. The number of carbonyl (C=O) groups is 2. The van der Waals surface area contributed by atoms with Gasteiger partial charge in [-0.05, 0) is 29.8 Å². The number of nitrogens with zero attached hydrogens (tertiary/aromatic N) is 2. The van der Waals surface area contributed by atoms with Gasteiger partial charge in [0.25, 0.3) is 5.91 Å². The summed E-state index contributed by atoms with van der Waals surface area (Å²) in [6.07, 6.45) is 1.92. The summed E-state index contributed by atoms with van der Waals surface area (Å²) < 4.78 is 15.9. The minimum atomic E-state index is -0.909. The molecule has 0 saturated carbocycles. The number of carbonyl (C=O) groups excluding carboxylic acids is 2. The van der Waals surface area contributed by atoms with Crippen molar-refractivity contribution in [2.75, 3.05) is 5.32 Å². The summed E-state index contributed by atoms with van der Waals surface area (Å²) >= 11 is 0. The smallest absolute Gasteiger partial charge is 0.254 e. The number of hydrogen-bond acceptors (Lipinski definition) is 3. The van der Waals surface area contributed by atoms with Crippen LogP contribution in [0.5, 0.6) is 0 Å². The van der Waals surface area contributed by atoms with Gasteiger partial charge in [0.2, 0.25) is 5.91 Å². The Kier molecular flexibility index (Phi) is 5.75. The van der Waals surface area contributed by atoms with Crippen molar-refractivity contribution in [2.45, 2.75) is 12.5 Å². The molecule has 0 spiro atoms. The first-order valence-electron chi connectivity index (χ1n) is 9.83. The molecule has 0 aliphatic rings. The van der Waals surface area contributed by atoms with E-state index in [1.807, 2.05) is 54.1 Å². The SMILES string of the molecule is Cn1cnc2c(NC(=O)C(Cc3ccccc3)NC(=O)c3ccccc3F)cccc21. The quantitative estimate of drug-likeness (QED) is 0.503. The highest BCUT2D eigenvalue weighted by atomic mass is 19.1. The summed E-state index contributed by atoms with van der Waals surface area (Å²) in [5.41, 5.74) is 2.82. The number of aryl methyl sites for hydroxylation is 1. The topological polar surface area (TPSA) is 76.0 Å². The van der Waals surface area contributed by atoms with Gasteiger partial charge < -0.3 is 15.2 Å². The van der Waals surface area contributed by atoms with Crippen molar-refractivity contribution >= 4 is 28.5 Å². The maximum atomic E-state index is 14.1. The van der Waals surface area contributed by atoms with Gasteiger partial charge in [0.05, 0.1) is 23.1 Å². The molecule has 7 heteroatoms. The number of halogens is 1. The first-order valence-corrected chi connectivity index (χ1v) is 9.83. The normalized spacial score (nSPS) is 11.8. The van der Waals surface area contributed by atoms with E-state index in [2.05, 4.69) is 15.6 Å². The third-order valence-corrected chi connectivity index (χ3v) is 5.04. The number of aromatic nitrogens is 2. The van der Waals surface area contributed by atoms with Crippen LogP contribution in [0.3, 0.4) is 0 Å². The molecule has 1 atom stereocenters. The lowest BCUT2D eigenvalue weighted by Crippen LogP contribution is -2.45. The molecule has 156 valence electrons. The van der Waals surface area contributed by atoms with Gasteiger partial charge in [-0.2, -0.15) is 0 Å². The Bertz CT molecular complexity index is 1240. The Morgan fingerprint density at radius 3 is 2.52 bits per heavy atom. The van der Waals surface area contributed by atoms with Crippen LogP contribution in [0, 0.1) is 5.82 Å². The van der Waals surface area contributed by atoms with Crippen LogP contribution in [0.4, 0.5) is 10.1 Å². The summed E-state index contributed by atoms with van der Waals surface area (Å²) in [7, 11) is 1.87. The minimum absolute atomic E-state index is 0.111. The highest BCUT2D eigenvalue weighted by Crippen LogP contribution is 2.21. The zero-order valence-electron chi connectivity index (χ0n) is 16.9. The maximum absolute atomic E-state index is 14.1. The van der Waals surface area contributed by atoms with Gasteiger partial charge in [0.15, 0.2) is 0 Å². The molecule has 2 amide bonds. The van der Waals surface area contributed by atoms with Crippen LogP contribution in [0.15, 0.2) is 79.1 Å². The second-order valence-corrected chi connectivity index (χ2v) is 7.21. The van der Waals surface area contributed by atoms with E-state index < -0.39 is 23.7 Å². The van der Waals surface area contributed by atoms with E-state index in [4.69, 9.17) is 0 Å². The third kappa shape index (κ3) is 4.45. The van der Waals surface area contributed by atoms with Crippen molar-refractivity contribution in [3.8, 4) is 0 Å². The van der Waals surface area contributed by atoms with Gasteiger partial charge in [-0.25, -0.2) is 9.37 Å². The van der Waals surface area contributed by atoms with E-state index in [-0.39, 0.29) is 12.0 Å². The molecule has 1 heterocycles. The molecule has 0 saturated heterocycles. The van der Waals surface area contributed by atoms with Crippen molar-refractivity contribution in [3.63, 3.8) is 0 Å². The van der Waals surface area contributed by atoms with E-state index in [9.17, 15) is 14.0 Å². The summed E-state index contributed by atoms with van der Waals surface area (Å²) in [4.78, 5) is 30.2. The molecule has 4 rings (SSSR count). The van der Waals surface area contributed by atoms with Gasteiger partial charge >= 0.3 is 0 Å². The lowest BCUT2D eigenvalue weighted by atomic mass is 10.0. The number of rotatable bonds is 6. The summed E-state index contributed by atoms with van der Waals surface area (Å²) in [5, 5.41) is 5.55. The Hall–Kier alpha value is -4.00. The van der Waals surface area contributed by atoms with Crippen LogP contribution in [0.2, 0.25) is 0 Å². The second-order valence-electron chi connectivity index (χ2n) is 7.21. The fourth-order valence-corrected chi connectivity index (χ4v) is 3.42. The van der Waals surface area contributed by atoms with Crippen molar-refractivity contribution in [1.29, 1.82) is 0 Å². The van der Waals surface area contributed by atoms with E-state index >= 15 is 0 Å². The lowest BCUT2D eigenvalue weighted by Gasteiger charge is -2.19. The zero-order valence-corrected chi connectivity index (χ0v) is 16.9. The molecular formula is C24H21FN4O2. The summed E-state index contributed by atoms with van der Waals surface area (Å²) in [6, 6.07) is 19.6. The number of amides is 2. The Balaban J connectivity index is 1.60.